The Bertz CT molecular complexity index is 1000. The minimum atomic E-state index is -0.326. The van der Waals surface area contributed by atoms with Gasteiger partial charge in [-0.05, 0) is 24.1 Å². The highest BCUT2D eigenvalue weighted by Crippen LogP contribution is 2.15. The molecule has 0 aliphatic rings. The van der Waals surface area contributed by atoms with E-state index in [-0.39, 0.29) is 28.7 Å². The molecule has 0 unspecified atom stereocenters. The van der Waals surface area contributed by atoms with Crippen LogP contribution in [0.15, 0.2) is 46.6 Å². The van der Waals surface area contributed by atoms with Gasteiger partial charge in [-0.1, -0.05) is 23.9 Å². The molecular formula is C18H20FN5O3S. The molecule has 0 saturated carbocycles. The summed E-state index contributed by atoms with van der Waals surface area (Å²) in [4.78, 5) is 24.5. The minimum absolute atomic E-state index is 0.123. The molecule has 1 N–H and O–H groups in total. The van der Waals surface area contributed by atoms with Gasteiger partial charge in [0.15, 0.2) is 5.16 Å². The second-order valence-electron chi connectivity index (χ2n) is 6.02. The summed E-state index contributed by atoms with van der Waals surface area (Å²) in [5, 5.41) is 11.2. The van der Waals surface area contributed by atoms with Gasteiger partial charge in [-0.2, -0.15) is 0 Å². The van der Waals surface area contributed by atoms with Crippen molar-refractivity contribution in [2.45, 2.75) is 18.1 Å². The Morgan fingerprint density at radius 1 is 1.25 bits per heavy atom. The smallest absolute Gasteiger partial charge is 0.296 e. The number of rotatable bonds is 9. The van der Waals surface area contributed by atoms with E-state index in [0.717, 1.165) is 12.0 Å². The first kappa shape index (κ1) is 20.0. The number of aromatic nitrogens is 4. The van der Waals surface area contributed by atoms with Crippen LogP contribution < -0.4 is 10.9 Å². The molecule has 3 aromatic rings. The zero-order chi connectivity index (χ0) is 19.9. The standard InChI is InChI=1S/C18H20FN5O3S/c1-27-10-2-7-20-15(25)12-28-18-22-21-16-17(26)23(8-9-24(16)18)11-13-3-5-14(19)6-4-13/h3-6,8-9H,2,7,10-12H2,1H3,(H,20,25). The molecule has 3 rings (SSSR count). The maximum absolute atomic E-state index is 13.0. The predicted octanol–water partition coefficient (Wildman–Crippen LogP) is 1.32. The first-order valence-electron chi connectivity index (χ1n) is 8.65. The van der Waals surface area contributed by atoms with E-state index in [9.17, 15) is 14.0 Å². The summed E-state index contributed by atoms with van der Waals surface area (Å²) in [6.45, 7) is 1.43. The van der Waals surface area contributed by atoms with Crippen molar-refractivity contribution in [3.8, 4) is 0 Å². The summed E-state index contributed by atoms with van der Waals surface area (Å²) in [5.74, 6) is -0.275. The molecule has 28 heavy (non-hydrogen) atoms. The van der Waals surface area contributed by atoms with Crippen LogP contribution in [-0.4, -0.2) is 51.1 Å². The summed E-state index contributed by atoms with van der Waals surface area (Å²) in [6.07, 6.45) is 4.05. The number of carbonyl (C=O) groups is 1. The lowest BCUT2D eigenvalue weighted by molar-refractivity contribution is -0.118. The lowest BCUT2D eigenvalue weighted by Crippen LogP contribution is -2.27. The topological polar surface area (TPSA) is 90.5 Å². The zero-order valence-corrected chi connectivity index (χ0v) is 16.1. The van der Waals surface area contributed by atoms with Crippen LogP contribution in [0.4, 0.5) is 4.39 Å². The van der Waals surface area contributed by atoms with Crippen LogP contribution in [0, 0.1) is 5.82 Å². The number of amides is 1. The first-order chi connectivity index (χ1) is 13.6. The van der Waals surface area contributed by atoms with Crippen LogP contribution in [-0.2, 0) is 16.1 Å². The summed E-state index contributed by atoms with van der Waals surface area (Å²) < 4.78 is 21.0. The average Bonchev–Trinajstić information content (AvgIpc) is 3.11. The van der Waals surface area contributed by atoms with Gasteiger partial charge in [0.25, 0.3) is 5.56 Å². The van der Waals surface area contributed by atoms with E-state index in [2.05, 4.69) is 15.5 Å². The van der Waals surface area contributed by atoms with E-state index in [1.54, 1.807) is 36.0 Å². The highest BCUT2D eigenvalue weighted by molar-refractivity contribution is 7.99. The summed E-state index contributed by atoms with van der Waals surface area (Å²) >= 11 is 1.20. The number of hydrogen-bond acceptors (Lipinski definition) is 6. The van der Waals surface area contributed by atoms with Crippen LogP contribution in [0.5, 0.6) is 0 Å². The molecule has 8 nitrogen and oxygen atoms in total. The van der Waals surface area contributed by atoms with E-state index >= 15 is 0 Å². The number of ether oxygens (including phenoxy) is 1. The van der Waals surface area contributed by atoms with E-state index in [4.69, 9.17) is 4.74 Å². The number of thioether (sulfide) groups is 1. The highest BCUT2D eigenvalue weighted by Gasteiger charge is 2.13. The molecule has 0 saturated heterocycles. The Labute approximate surface area is 164 Å². The number of carbonyl (C=O) groups excluding carboxylic acids is 1. The van der Waals surface area contributed by atoms with Crippen LogP contribution in [0.25, 0.3) is 5.65 Å². The van der Waals surface area contributed by atoms with Crippen LogP contribution >= 0.6 is 11.8 Å². The zero-order valence-electron chi connectivity index (χ0n) is 15.3. The monoisotopic (exact) mass is 405 g/mol. The van der Waals surface area contributed by atoms with Crippen LogP contribution in [0.2, 0.25) is 0 Å². The van der Waals surface area contributed by atoms with Crippen molar-refractivity contribution < 1.29 is 13.9 Å². The maximum atomic E-state index is 13.0. The van der Waals surface area contributed by atoms with E-state index < -0.39 is 0 Å². The average molecular weight is 405 g/mol. The molecule has 10 heteroatoms. The fourth-order valence-corrected chi connectivity index (χ4v) is 3.28. The molecule has 2 aromatic heterocycles. The van der Waals surface area contributed by atoms with Gasteiger partial charge < -0.3 is 14.6 Å². The van der Waals surface area contributed by atoms with Gasteiger partial charge in [-0.15, -0.1) is 10.2 Å². The molecular weight excluding hydrogens is 385 g/mol. The molecule has 148 valence electrons. The van der Waals surface area contributed by atoms with Crippen molar-refractivity contribution in [2.75, 3.05) is 26.0 Å². The van der Waals surface area contributed by atoms with Crippen molar-refractivity contribution >= 4 is 23.3 Å². The molecule has 0 fully saturated rings. The van der Waals surface area contributed by atoms with E-state index in [0.29, 0.717) is 24.9 Å². The van der Waals surface area contributed by atoms with Gasteiger partial charge in [-0.25, -0.2) is 4.39 Å². The third-order valence-electron chi connectivity index (χ3n) is 3.96. The SMILES string of the molecule is COCCCNC(=O)CSc1nnc2c(=O)n(Cc3ccc(F)cc3)ccn12. The Kier molecular flexibility index (Phi) is 6.77. The molecule has 0 spiro atoms. The third kappa shape index (κ3) is 4.96. The number of nitrogens with one attached hydrogen (secondary N) is 1. The molecule has 0 aliphatic carbocycles. The Hall–Kier alpha value is -2.72. The minimum Gasteiger partial charge on any atom is -0.385 e. The Morgan fingerprint density at radius 3 is 2.79 bits per heavy atom. The summed E-state index contributed by atoms with van der Waals surface area (Å²) in [7, 11) is 1.61. The second kappa shape index (κ2) is 9.47. The van der Waals surface area contributed by atoms with Crippen molar-refractivity contribution in [3.63, 3.8) is 0 Å². The van der Waals surface area contributed by atoms with Crippen LogP contribution in [0.3, 0.4) is 0 Å². The molecule has 2 heterocycles. The Morgan fingerprint density at radius 2 is 2.04 bits per heavy atom. The number of hydrogen-bond donors (Lipinski definition) is 1. The van der Waals surface area contributed by atoms with Crippen molar-refractivity contribution in [1.29, 1.82) is 0 Å². The number of benzene rings is 1. The lowest BCUT2D eigenvalue weighted by atomic mass is 10.2. The van der Waals surface area contributed by atoms with Gasteiger partial charge in [0.05, 0.1) is 12.3 Å². The summed E-state index contributed by atoms with van der Waals surface area (Å²) in [6, 6.07) is 5.96. The van der Waals surface area contributed by atoms with Gasteiger partial charge >= 0.3 is 0 Å². The predicted molar refractivity (Wildman–Crippen MR) is 103 cm³/mol. The van der Waals surface area contributed by atoms with Gasteiger partial charge in [-0.3, -0.25) is 14.0 Å². The number of methoxy groups -OCH3 is 1. The van der Waals surface area contributed by atoms with Crippen molar-refractivity contribution in [2.24, 2.45) is 0 Å². The molecule has 0 radical (unpaired) electrons. The van der Waals surface area contributed by atoms with Gasteiger partial charge in [0.1, 0.15) is 5.82 Å². The van der Waals surface area contributed by atoms with Gasteiger partial charge in [0, 0.05) is 32.7 Å². The fraction of sp³-hybridized carbons (Fsp3) is 0.333. The van der Waals surface area contributed by atoms with E-state index in [1.807, 2.05) is 0 Å². The quantitative estimate of drug-likeness (QED) is 0.427. The van der Waals surface area contributed by atoms with Crippen molar-refractivity contribution in [3.05, 3.63) is 58.4 Å². The summed E-state index contributed by atoms with van der Waals surface area (Å²) in [5.41, 5.74) is 0.662. The Balaban J connectivity index is 1.66. The molecule has 0 aliphatic heterocycles. The third-order valence-corrected chi connectivity index (χ3v) is 4.90. The van der Waals surface area contributed by atoms with E-state index in [1.165, 1.54) is 28.5 Å². The molecule has 1 amide bonds. The lowest BCUT2D eigenvalue weighted by Gasteiger charge is -2.07. The van der Waals surface area contributed by atoms with Crippen LogP contribution in [0.1, 0.15) is 12.0 Å². The number of nitrogens with zero attached hydrogens (tertiary/aromatic N) is 4. The van der Waals surface area contributed by atoms with Crippen molar-refractivity contribution in [1.82, 2.24) is 24.5 Å². The fourth-order valence-electron chi connectivity index (χ4n) is 2.54. The number of fused-ring (bicyclic) bond motifs is 1. The maximum Gasteiger partial charge on any atom is 0.296 e. The van der Waals surface area contributed by atoms with Gasteiger partial charge in [0.2, 0.25) is 11.6 Å². The normalized spacial score (nSPS) is 11.1. The first-order valence-corrected chi connectivity index (χ1v) is 9.64. The number of halogens is 1. The second-order valence-corrected chi connectivity index (χ2v) is 6.96. The molecule has 1 aromatic carbocycles. The molecule has 0 bridgehead atoms. The largest absolute Gasteiger partial charge is 0.385 e. The highest BCUT2D eigenvalue weighted by atomic mass is 32.2. The molecule has 0 atom stereocenters.